The third-order valence-corrected chi connectivity index (χ3v) is 5.97. The fraction of sp³-hybridized carbons (Fsp3) is 0.286. The maximum absolute atomic E-state index is 13.5. The molecule has 2 heterocycles. The molecule has 0 unspecified atom stereocenters. The molecule has 2 aliphatic rings. The third-order valence-electron chi connectivity index (χ3n) is 5.62. The summed E-state index contributed by atoms with van der Waals surface area (Å²) in [5, 5.41) is 3.51. The number of carbonyl (C=O) groups is 3. The zero-order chi connectivity index (χ0) is 20.1. The molecular weight excluding hydrogens is 378 g/mol. The number of amides is 3. The molecule has 1 N–H and O–H groups in total. The smallest absolute Gasteiger partial charge is 0.267 e. The molecule has 0 spiro atoms. The highest BCUT2D eigenvalue weighted by Gasteiger charge is 2.59. The lowest BCUT2D eigenvalue weighted by Gasteiger charge is -2.47. The van der Waals surface area contributed by atoms with Crippen molar-refractivity contribution >= 4 is 35.0 Å². The number of carbonyl (C=O) groups excluding carboxylic acids is 3. The van der Waals surface area contributed by atoms with Gasteiger partial charge in [0.2, 0.25) is 11.6 Å². The van der Waals surface area contributed by atoms with E-state index in [-0.39, 0.29) is 30.7 Å². The fourth-order valence-corrected chi connectivity index (χ4v) is 4.44. The van der Waals surface area contributed by atoms with Gasteiger partial charge in [0.25, 0.3) is 11.8 Å². The molecular formula is C21H20ClN3O3. The second-order valence-electron chi connectivity index (χ2n) is 7.14. The van der Waals surface area contributed by atoms with Crippen LogP contribution in [0.1, 0.15) is 41.7 Å². The number of hydrogen-bond acceptors (Lipinski definition) is 3. The summed E-state index contributed by atoms with van der Waals surface area (Å²) >= 11 is 6.26. The molecule has 2 aromatic rings. The van der Waals surface area contributed by atoms with Gasteiger partial charge >= 0.3 is 0 Å². The molecule has 28 heavy (non-hydrogen) atoms. The largest absolute Gasteiger partial charge is 0.346 e. The van der Waals surface area contributed by atoms with Gasteiger partial charge in [-0.2, -0.15) is 0 Å². The summed E-state index contributed by atoms with van der Waals surface area (Å²) in [4.78, 5) is 42.0. The van der Waals surface area contributed by atoms with E-state index in [0.29, 0.717) is 16.3 Å². The third kappa shape index (κ3) is 2.52. The number of nitrogens with one attached hydrogen (secondary N) is 1. The van der Waals surface area contributed by atoms with Crippen LogP contribution >= 0.6 is 11.6 Å². The minimum absolute atomic E-state index is 0.174. The first-order valence-electron chi connectivity index (χ1n) is 9.13. The molecule has 3 amide bonds. The van der Waals surface area contributed by atoms with Crippen molar-refractivity contribution < 1.29 is 14.4 Å². The Morgan fingerprint density at radius 2 is 1.82 bits per heavy atom. The minimum atomic E-state index is -1.38. The molecule has 144 valence electrons. The number of rotatable bonds is 3. The van der Waals surface area contributed by atoms with Crippen LogP contribution in [0.5, 0.6) is 0 Å². The van der Waals surface area contributed by atoms with Crippen molar-refractivity contribution in [3.8, 4) is 0 Å². The van der Waals surface area contributed by atoms with E-state index in [9.17, 15) is 14.4 Å². The quantitative estimate of drug-likeness (QED) is 0.865. The lowest BCUT2D eigenvalue weighted by molar-refractivity contribution is -0.133. The molecule has 0 aliphatic carbocycles. The Hall–Kier alpha value is -2.86. The highest BCUT2D eigenvalue weighted by molar-refractivity contribution is 6.31. The van der Waals surface area contributed by atoms with E-state index in [1.807, 2.05) is 25.1 Å². The number of halogens is 1. The average molecular weight is 398 g/mol. The second kappa shape index (κ2) is 6.63. The number of hydrogen-bond donors (Lipinski definition) is 1. The van der Waals surface area contributed by atoms with Crippen molar-refractivity contribution in [2.75, 3.05) is 11.9 Å². The minimum Gasteiger partial charge on any atom is -0.346 e. The molecule has 2 aromatic carbocycles. The van der Waals surface area contributed by atoms with Crippen LogP contribution in [-0.4, -0.2) is 35.3 Å². The summed E-state index contributed by atoms with van der Waals surface area (Å²) in [5.41, 5.74) is 0.296. The van der Waals surface area contributed by atoms with Gasteiger partial charge in [0, 0.05) is 24.9 Å². The molecule has 0 aromatic heterocycles. The first-order valence-corrected chi connectivity index (χ1v) is 9.51. The van der Waals surface area contributed by atoms with Crippen LogP contribution in [0.25, 0.3) is 0 Å². The summed E-state index contributed by atoms with van der Waals surface area (Å²) in [6.07, 6.45) is 0.434. The van der Waals surface area contributed by atoms with Gasteiger partial charge in [-0.05, 0) is 30.7 Å². The summed E-state index contributed by atoms with van der Waals surface area (Å²) in [5.74, 6) is -0.842. The zero-order valence-electron chi connectivity index (χ0n) is 15.6. The molecule has 7 heteroatoms. The Kier molecular flexibility index (Phi) is 4.38. The second-order valence-corrected chi connectivity index (χ2v) is 7.55. The average Bonchev–Trinajstić information content (AvgIpc) is 3.05. The number of fused-ring (bicyclic) bond motifs is 3. The fourth-order valence-electron chi connectivity index (χ4n) is 4.14. The van der Waals surface area contributed by atoms with Crippen LogP contribution in [-0.2, 0) is 9.59 Å². The van der Waals surface area contributed by atoms with Crippen molar-refractivity contribution in [1.82, 2.24) is 10.2 Å². The molecule has 0 bridgehead atoms. The van der Waals surface area contributed by atoms with Crippen LogP contribution in [0, 0.1) is 0 Å². The topological polar surface area (TPSA) is 69.7 Å². The van der Waals surface area contributed by atoms with E-state index in [4.69, 9.17) is 11.6 Å². The molecule has 2 aliphatic heterocycles. The van der Waals surface area contributed by atoms with E-state index in [2.05, 4.69) is 5.32 Å². The maximum Gasteiger partial charge on any atom is 0.267 e. The van der Waals surface area contributed by atoms with Crippen LogP contribution in [0.4, 0.5) is 5.69 Å². The van der Waals surface area contributed by atoms with Gasteiger partial charge in [-0.3, -0.25) is 19.3 Å². The van der Waals surface area contributed by atoms with E-state index < -0.39 is 11.6 Å². The van der Waals surface area contributed by atoms with Gasteiger partial charge in [0.05, 0.1) is 17.3 Å². The van der Waals surface area contributed by atoms with E-state index in [0.717, 1.165) is 5.56 Å². The van der Waals surface area contributed by atoms with Crippen molar-refractivity contribution in [2.24, 2.45) is 0 Å². The van der Waals surface area contributed by atoms with Gasteiger partial charge < -0.3 is 10.2 Å². The predicted molar refractivity (Wildman–Crippen MR) is 106 cm³/mol. The Labute approximate surface area is 168 Å². The molecule has 1 fully saturated rings. The van der Waals surface area contributed by atoms with E-state index in [1.54, 1.807) is 37.4 Å². The Bertz CT molecular complexity index is 992. The number of nitrogens with zero attached hydrogens (tertiary/aromatic N) is 2. The summed E-state index contributed by atoms with van der Waals surface area (Å²) in [6.45, 7) is 1.83. The lowest BCUT2D eigenvalue weighted by atomic mass is 9.95. The molecule has 0 saturated carbocycles. The first kappa shape index (κ1) is 18.5. The Morgan fingerprint density at radius 3 is 2.57 bits per heavy atom. The van der Waals surface area contributed by atoms with E-state index in [1.165, 1.54) is 9.80 Å². The molecule has 6 nitrogen and oxygen atoms in total. The number of anilines is 1. The van der Waals surface area contributed by atoms with Crippen molar-refractivity contribution in [3.63, 3.8) is 0 Å². The van der Waals surface area contributed by atoms with Gasteiger partial charge in [0.15, 0.2) is 0 Å². The highest BCUT2D eigenvalue weighted by atomic mass is 35.5. The Morgan fingerprint density at radius 1 is 1.14 bits per heavy atom. The van der Waals surface area contributed by atoms with Gasteiger partial charge in [-0.25, -0.2) is 0 Å². The van der Waals surface area contributed by atoms with Gasteiger partial charge in [0.1, 0.15) is 0 Å². The van der Waals surface area contributed by atoms with Crippen LogP contribution in [0.3, 0.4) is 0 Å². The van der Waals surface area contributed by atoms with Crippen LogP contribution in [0.2, 0.25) is 5.02 Å². The van der Waals surface area contributed by atoms with Crippen LogP contribution in [0.15, 0.2) is 48.5 Å². The summed E-state index contributed by atoms with van der Waals surface area (Å²) in [6, 6.07) is 13.8. The zero-order valence-corrected chi connectivity index (χ0v) is 16.4. The first-order chi connectivity index (χ1) is 13.4. The molecule has 2 atom stereocenters. The van der Waals surface area contributed by atoms with Crippen molar-refractivity contribution in [2.45, 2.75) is 31.5 Å². The number of benzene rings is 2. The summed E-state index contributed by atoms with van der Waals surface area (Å²) in [7, 11) is 1.57. The summed E-state index contributed by atoms with van der Waals surface area (Å²) < 4.78 is 0. The normalized spacial score (nSPS) is 22.0. The molecule has 4 rings (SSSR count). The number of likely N-dealkylation sites (N-methyl/N-ethyl adjacent to an activating group) is 1. The maximum atomic E-state index is 13.5. The van der Waals surface area contributed by atoms with Gasteiger partial charge in [-0.1, -0.05) is 41.9 Å². The standard InChI is InChI=1S/C21H20ClN3O3/c1-13(14-7-3-5-9-16(14)22)23-20(28)21-12-11-18(26)25(21)17-10-6-4-8-15(17)19(27)24(21)2/h3-10,13H,11-12H2,1-2H3,(H,23,28)/t13-,21-/m0/s1. The highest BCUT2D eigenvalue weighted by Crippen LogP contribution is 2.44. The van der Waals surface area contributed by atoms with Crippen LogP contribution < -0.4 is 10.2 Å². The van der Waals surface area contributed by atoms with Gasteiger partial charge in [-0.15, -0.1) is 0 Å². The van der Waals surface area contributed by atoms with Crippen molar-refractivity contribution in [1.29, 1.82) is 0 Å². The lowest BCUT2D eigenvalue weighted by Crippen LogP contribution is -2.69. The molecule has 1 saturated heterocycles. The predicted octanol–water partition coefficient (Wildman–Crippen LogP) is 3.13. The molecule has 0 radical (unpaired) electrons. The van der Waals surface area contributed by atoms with E-state index >= 15 is 0 Å². The number of para-hydroxylation sites is 1. The Balaban J connectivity index is 1.75. The van der Waals surface area contributed by atoms with Crippen molar-refractivity contribution in [3.05, 3.63) is 64.7 Å². The monoisotopic (exact) mass is 397 g/mol. The SMILES string of the molecule is C[C@H](NC(=O)[C@]12CCC(=O)N1c1ccccc1C(=O)N2C)c1ccccc1Cl.